The maximum absolute atomic E-state index is 8.85. The summed E-state index contributed by atoms with van der Waals surface area (Å²) in [5.74, 6) is 0.810. The van der Waals surface area contributed by atoms with Gasteiger partial charge in [-0.15, -0.1) is 0 Å². The Morgan fingerprint density at radius 3 is 1.84 bits per heavy atom. The van der Waals surface area contributed by atoms with E-state index >= 15 is 0 Å². The fourth-order valence-electron chi connectivity index (χ4n) is 1.82. The van der Waals surface area contributed by atoms with E-state index in [1.54, 1.807) is 0 Å². The number of likely N-dealkylation sites (N-methyl/N-ethyl adjacent to an activating group) is 1. The number of hydrogen-bond acceptors (Lipinski definition) is 6. The highest BCUT2D eigenvalue weighted by Gasteiger charge is 1.96. The molecular formula is C19H35NO5. The molecule has 0 fully saturated rings. The Morgan fingerprint density at radius 2 is 1.32 bits per heavy atom. The Kier molecular flexibility index (Phi) is 18.2. The van der Waals surface area contributed by atoms with E-state index in [9.17, 15) is 0 Å². The van der Waals surface area contributed by atoms with E-state index in [0.29, 0.717) is 52.7 Å². The first-order chi connectivity index (χ1) is 12.4. The third kappa shape index (κ3) is 14.8. The minimum atomic E-state index is 0.165. The van der Waals surface area contributed by atoms with Crippen LogP contribution in [0.15, 0.2) is 24.3 Å². The van der Waals surface area contributed by atoms with Crippen molar-refractivity contribution in [3.8, 4) is 5.75 Å². The molecule has 1 rings (SSSR count). The van der Waals surface area contributed by atoms with E-state index < -0.39 is 0 Å². The van der Waals surface area contributed by atoms with Crippen LogP contribution in [0.5, 0.6) is 5.75 Å². The molecular weight excluding hydrogens is 322 g/mol. The lowest BCUT2D eigenvalue weighted by molar-refractivity contribution is 0.0100. The van der Waals surface area contributed by atoms with Gasteiger partial charge in [0, 0.05) is 13.2 Å². The molecule has 1 aromatic rings. The summed E-state index contributed by atoms with van der Waals surface area (Å²) in [5, 5.41) is 11.9. The normalized spacial score (nSPS) is 10.2. The van der Waals surface area contributed by atoms with Gasteiger partial charge in [0.05, 0.1) is 39.6 Å². The van der Waals surface area contributed by atoms with Gasteiger partial charge < -0.3 is 29.4 Å². The molecule has 0 heterocycles. The van der Waals surface area contributed by atoms with Crippen molar-refractivity contribution in [1.82, 2.24) is 5.32 Å². The van der Waals surface area contributed by atoms with E-state index in [4.69, 9.17) is 24.1 Å². The topological polar surface area (TPSA) is 69.2 Å². The van der Waals surface area contributed by atoms with Crippen molar-refractivity contribution < 1.29 is 24.1 Å². The van der Waals surface area contributed by atoms with Crippen LogP contribution in [-0.2, 0) is 20.6 Å². The maximum atomic E-state index is 8.85. The number of nitrogens with one attached hydrogen (secondary N) is 1. The first-order valence-corrected chi connectivity index (χ1v) is 9.07. The molecule has 25 heavy (non-hydrogen) atoms. The summed E-state index contributed by atoms with van der Waals surface area (Å²) in [7, 11) is 1.90. The second-order valence-electron chi connectivity index (χ2n) is 4.91. The molecule has 0 bridgehead atoms. The monoisotopic (exact) mass is 357 g/mol. The van der Waals surface area contributed by atoms with Crippen LogP contribution in [0.2, 0.25) is 0 Å². The Labute approximate surface area is 152 Å². The number of ether oxygens (including phenoxy) is 4. The molecule has 6 heteroatoms. The highest BCUT2D eigenvalue weighted by molar-refractivity contribution is 5.27. The van der Waals surface area contributed by atoms with E-state index in [-0.39, 0.29) is 6.61 Å². The summed E-state index contributed by atoms with van der Waals surface area (Å²) in [6.07, 6.45) is 0.671. The standard InChI is InChI=1S/C17H29NO5.C2H6/c1-18-7-9-20-10-11-21-12-13-22-14-15-23-17-4-2-16(3-5-17)6-8-19;1-2/h2-5,18-19H,6-15H2,1H3;1-2H3. The largest absolute Gasteiger partial charge is 0.491 e. The first-order valence-electron chi connectivity index (χ1n) is 9.07. The molecule has 0 aromatic heterocycles. The Morgan fingerprint density at radius 1 is 0.800 bits per heavy atom. The fraction of sp³-hybridized carbons (Fsp3) is 0.684. The van der Waals surface area contributed by atoms with Crippen molar-refractivity contribution >= 4 is 0 Å². The van der Waals surface area contributed by atoms with Gasteiger partial charge in [-0.25, -0.2) is 0 Å². The molecule has 0 aliphatic heterocycles. The van der Waals surface area contributed by atoms with Crippen LogP contribution in [0.1, 0.15) is 19.4 Å². The van der Waals surface area contributed by atoms with Crippen LogP contribution in [0, 0.1) is 0 Å². The molecule has 0 radical (unpaired) electrons. The Balaban J connectivity index is 0.00000277. The number of aliphatic hydroxyl groups excluding tert-OH is 1. The van der Waals surface area contributed by atoms with Crippen LogP contribution in [-0.4, -0.2) is 71.6 Å². The average molecular weight is 357 g/mol. The van der Waals surface area contributed by atoms with Crippen molar-refractivity contribution in [2.75, 3.05) is 66.4 Å². The summed E-state index contributed by atoms with van der Waals surface area (Å²) in [5.41, 5.74) is 1.10. The third-order valence-electron chi connectivity index (χ3n) is 3.06. The van der Waals surface area contributed by atoms with Gasteiger partial charge in [0.15, 0.2) is 0 Å². The van der Waals surface area contributed by atoms with Gasteiger partial charge in [-0.05, 0) is 31.2 Å². The van der Waals surface area contributed by atoms with Gasteiger partial charge in [0.25, 0.3) is 0 Å². The molecule has 2 N–H and O–H groups in total. The SMILES string of the molecule is CC.CNCCOCCOCCOCCOc1ccc(CCO)cc1. The minimum Gasteiger partial charge on any atom is -0.491 e. The maximum Gasteiger partial charge on any atom is 0.119 e. The van der Waals surface area contributed by atoms with Crippen molar-refractivity contribution in [2.24, 2.45) is 0 Å². The van der Waals surface area contributed by atoms with E-state index in [1.165, 1.54) is 0 Å². The highest BCUT2D eigenvalue weighted by Crippen LogP contribution is 2.12. The van der Waals surface area contributed by atoms with E-state index in [2.05, 4.69) is 5.32 Å². The minimum absolute atomic E-state index is 0.165. The van der Waals surface area contributed by atoms with Crippen molar-refractivity contribution in [1.29, 1.82) is 0 Å². The third-order valence-corrected chi connectivity index (χ3v) is 3.06. The summed E-state index contributed by atoms with van der Waals surface area (Å²) in [4.78, 5) is 0. The molecule has 0 saturated carbocycles. The highest BCUT2D eigenvalue weighted by atomic mass is 16.6. The van der Waals surface area contributed by atoms with Crippen LogP contribution in [0.25, 0.3) is 0 Å². The van der Waals surface area contributed by atoms with Gasteiger partial charge in [-0.1, -0.05) is 26.0 Å². The number of rotatable bonds is 15. The lowest BCUT2D eigenvalue weighted by Gasteiger charge is -2.08. The molecule has 0 aliphatic carbocycles. The van der Waals surface area contributed by atoms with E-state index in [1.807, 2.05) is 45.2 Å². The Hall–Kier alpha value is -1.18. The van der Waals surface area contributed by atoms with Crippen molar-refractivity contribution in [2.45, 2.75) is 20.3 Å². The number of aliphatic hydroxyl groups is 1. The summed E-state index contributed by atoms with van der Waals surface area (Å²) in [6, 6.07) is 7.72. The van der Waals surface area contributed by atoms with Gasteiger partial charge >= 0.3 is 0 Å². The fourth-order valence-corrected chi connectivity index (χ4v) is 1.82. The van der Waals surface area contributed by atoms with E-state index in [0.717, 1.165) is 17.9 Å². The zero-order valence-electron chi connectivity index (χ0n) is 16.0. The van der Waals surface area contributed by atoms with Crippen LogP contribution < -0.4 is 10.1 Å². The summed E-state index contributed by atoms with van der Waals surface area (Å²) in [6.45, 7) is 9.06. The Bertz CT molecular complexity index is 373. The molecule has 0 spiro atoms. The van der Waals surface area contributed by atoms with Gasteiger partial charge in [-0.3, -0.25) is 0 Å². The lowest BCUT2D eigenvalue weighted by atomic mass is 10.1. The molecule has 0 unspecified atom stereocenters. The molecule has 0 aliphatic rings. The second kappa shape index (κ2) is 19.1. The predicted molar refractivity (Wildman–Crippen MR) is 100 cm³/mol. The lowest BCUT2D eigenvalue weighted by Crippen LogP contribution is -2.17. The second-order valence-corrected chi connectivity index (χ2v) is 4.91. The molecule has 0 atom stereocenters. The number of hydrogen-bond donors (Lipinski definition) is 2. The first kappa shape index (κ1) is 23.8. The smallest absolute Gasteiger partial charge is 0.119 e. The van der Waals surface area contributed by atoms with Gasteiger partial charge in [0.1, 0.15) is 12.4 Å². The zero-order valence-corrected chi connectivity index (χ0v) is 16.0. The van der Waals surface area contributed by atoms with Crippen LogP contribution in [0.4, 0.5) is 0 Å². The average Bonchev–Trinajstić information content (AvgIpc) is 2.66. The molecule has 6 nitrogen and oxygen atoms in total. The molecule has 0 saturated heterocycles. The van der Waals surface area contributed by atoms with Crippen LogP contribution in [0.3, 0.4) is 0 Å². The quantitative estimate of drug-likeness (QED) is 0.467. The zero-order chi connectivity index (χ0) is 18.6. The summed E-state index contributed by atoms with van der Waals surface area (Å²) >= 11 is 0. The molecule has 1 aromatic carbocycles. The van der Waals surface area contributed by atoms with Gasteiger partial charge in [-0.2, -0.15) is 0 Å². The van der Waals surface area contributed by atoms with Gasteiger partial charge in [0.2, 0.25) is 0 Å². The van der Waals surface area contributed by atoms with Crippen molar-refractivity contribution in [3.63, 3.8) is 0 Å². The number of benzene rings is 1. The summed E-state index contributed by atoms with van der Waals surface area (Å²) < 4.78 is 21.7. The molecule has 0 amide bonds. The van der Waals surface area contributed by atoms with Crippen molar-refractivity contribution in [3.05, 3.63) is 29.8 Å². The predicted octanol–water partition coefficient (Wildman–Crippen LogP) is 1.90. The van der Waals surface area contributed by atoms with Crippen LogP contribution >= 0.6 is 0 Å². The molecule has 146 valence electrons.